The van der Waals surface area contributed by atoms with E-state index in [1.165, 1.54) is 29.4 Å². The summed E-state index contributed by atoms with van der Waals surface area (Å²) < 4.78 is 9.80. The van der Waals surface area contributed by atoms with E-state index in [9.17, 15) is 19.2 Å². The van der Waals surface area contributed by atoms with Gasteiger partial charge in [0.25, 0.3) is 11.8 Å². The highest BCUT2D eigenvalue weighted by atomic mass is 32.1. The molecular weight excluding hydrogens is 396 g/mol. The topological polar surface area (TPSA) is 102 Å². The fourth-order valence-corrected chi connectivity index (χ4v) is 3.77. The van der Waals surface area contributed by atoms with Crippen molar-refractivity contribution in [3.05, 3.63) is 52.2 Å². The average Bonchev–Trinajstić information content (AvgIpc) is 3.43. The Kier molecular flexibility index (Phi) is 6.61. The number of ether oxygens (including phenoxy) is 2. The predicted molar refractivity (Wildman–Crippen MR) is 106 cm³/mol. The summed E-state index contributed by atoms with van der Waals surface area (Å²) in [5.74, 6) is -2.02. The molecule has 1 unspecified atom stereocenters. The molecule has 1 atom stereocenters. The number of likely N-dealkylation sites (tertiary alicyclic amines) is 1. The summed E-state index contributed by atoms with van der Waals surface area (Å²) >= 11 is 1.31. The first-order chi connectivity index (χ1) is 14.0. The van der Waals surface area contributed by atoms with E-state index in [-0.39, 0.29) is 17.2 Å². The lowest BCUT2D eigenvalue weighted by Crippen LogP contribution is -2.41. The lowest BCUT2D eigenvalue weighted by molar-refractivity contribution is -0.151. The number of nitrogens with one attached hydrogen (secondary N) is 1. The number of rotatable bonds is 6. The molecule has 2 heterocycles. The third-order valence-corrected chi connectivity index (χ3v) is 5.33. The van der Waals surface area contributed by atoms with Crippen LogP contribution in [-0.4, -0.2) is 55.0 Å². The molecule has 3 rings (SSSR count). The van der Waals surface area contributed by atoms with Crippen molar-refractivity contribution in [3.63, 3.8) is 0 Å². The molecule has 1 fully saturated rings. The molecule has 1 saturated heterocycles. The Balaban J connectivity index is 1.57. The molecule has 0 bridgehead atoms. The molecule has 0 aliphatic carbocycles. The number of benzene rings is 1. The van der Waals surface area contributed by atoms with Crippen molar-refractivity contribution >= 4 is 40.8 Å². The van der Waals surface area contributed by atoms with E-state index in [2.05, 4.69) is 10.1 Å². The van der Waals surface area contributed by atoms with Crippen LogP contribution < -0.4 is 5.32 Å². The van der Waals surface area contributed by atoms with Crippen LogP contribution in [0.5, 0.6) is 0 Å². The maximum atomic E-state index is 12.5. The van der Waals surface area contributed by atoms with Crippen LogP contribution in [0.2, 0.25) is 0 Å². The zero-order valence-electron chi connectivity index (χ0n) is 15.8. The van der Waals surface area contributed by atoms with Crippen LogP contribution in [0.25, 0.3) is 0 Å². The van der Waals surface area contributed by atoms with Crippen molar-refractivity contribution < 1.29 is 28.7 Å². The van der Waals surface area contributed by atoms with Gasteiger partial charge in [0.15, 0.2) is 6.61 Å². The molecule has 2 amide bonds. The van der Waals surface area contributed by atoms with Gasteiger partial charge in [0.05, 0.1) is 23.2 Å². The van der Waals surface area contributed by atoms with E-state index >= 15 is 0 Å². The predicted octanol–water partition coefficient (Wildman–Crippen LogP) is 2.32. The molecule has 1 aliphatic heterocycles. The van der Waals surface area contributed by atoms with Gasteiger partial charge in [-0.1, -0.05) is 18.2 Å². The number of carbonyl (C=O) groups excluding carboxylic acids is 4. The minimum absolute atomic E-state index is 0.193. The van der Waals surface area contributed by atoms with E-state index in [1.807, 2.05) is 0 Å². The van der Waals surface area contributed by atoms with Crippen LogP contribution in [0.4, 0.5) is 5.69 Å². The Bertz CT molecular complexity index is 911. The highest BCUT2D eigenvalue weighted by Crippen LogP contribution is 2.23. The first-order valence-corrected chi connectivity index (χ1v) is 9.87. The monoisotopic (exact) mass is 416 g/mol. The minimum Gasteiger partial charge on any atom is -0.465 e. The quantitative estimate of drug-likeness (QED) is 0.725. The molecule has 1 N–H and O–H groups in total. The lowest BCUT2D eigenvalue weighted by Gasteiger charge is -2.22. The van der Waals surface area contributed by atoms with Crippen LogP contribution in [-0.2, 0) is 19.1 Å². The molecule has 1 aliphatic rings. The fraction of sp³-hybridized carbons (Fsp3) is 0.300. The van der Waals surface area contributed by atoms with Gasteiger partial charge >= 0.3 is 11.9 Å². The van der Waals surface area contributed by atoms with E-state index in [0.29, 0.717) is 24.3 Å². The summed E-state index contributed by atoms with van der Waals surface area (Å²) in [6.45, 7) is -0.0545. The highest BCUT2D eigenvalue weighted by molar-refractivity contribution is 7.12. The van der Waals surface area contributed by atoms with Crippen LogP contribution in [0.15, 0.2) is 41.8 Å². The molecule has 2 aromatic rings. The third kappa shape index (κ3) is 4.80. The maximum Gasteiger partial charge on any atom is 0.339 e. The fourth-order valence-electron chi connectivity index (χ4n) is 3.10. The van der Waals surface area contributed by atoms with Crippen LogP contribution in [0, 0.1) is 0 Å². The molecule has 0 radical (unpaired) electrons. The van der Waals surface area contributed by atoms with Crippen molar-refractivity contribution in [2.45, 2.75) is 18.9 Å². The Morgan fingerprint density at radius 2 is 1.97 bits per heavy atom. The van der Waals surface area contributed by atoms with Gasteiger partial charge in [-0.25, -0.2) is 9.59 Å². The first kappa shape index (κ1) is 20.5. The van der Waals surface area contributed by atoms with Crippen molar-refractivity contribution in [2.75, 3.05) is 25.6 Å². The van der Waals surface area contributed by atoms with Crippen LogP contribution in [0.3, 0.4) is 0 Å². The summed E-state index contributed by atoms with van der Waals surface area (Å²) in [5, 5.41) is 4.33. The summed E-state index contributed by atoms with van der Waals surface area (Å²) in [6.07, 6.45) is 1.18. The summed E-state index contributed by atoms with van der Waals surface area (Å²) in [7, 11) is 1.24. The molecular formula is C20H20N2O6S. The van der Waals surface area contributed by atoms with E-state index in [4.69, 9.17) is 4.74 Å². The number of methoxy groups -OCH3 is 1. The van der Waals surface area contributed by atoms with Gasteiger partial charge in [0.1, 0.15) is 6.04 Å². The summed E-state index contributed by atoms with van der Waals surface area (Å²) in [6, 6.07) is 9.13. The van der Waals surface area contributed by atoms with Crippen LogP contribution >= 0.6 is 11.3 Å². The molecule has 1 aromatic heterocycles. The normalized spacial score (nSPS) is 15.6. The molecule has 9 heteroatoms. The second-order valence-electron chi connectivity index (χ2n) is 6.33. The molecule has 0 spiro atoms. The lowest BCUT2D eigenvalue weighted by atomic mass is 10.2. The third-order valence-electron chi connectivity index (χ3n) is 4.47. The van der Waals surface area contributed by atoms with Gasteiger partial charge in [0, 0.05) is 6.54 Å². The van der Waals surface area contributed by atoms with Crippen LogP contribution in [0.1, 0.15) is 32.9 Å². The molecule has 152 valence electrons. The Morgan fingerprint density at radius 3 is 2.69 bits per heavy atom. The number of carbonyl (C=O) groups is 4. The Morgan fingerprint density at radius 1 is 1.17 bits per heavy atom. The molecule has 8 nitrogen and oxygen atoms in total. The van der Waals surface area contributed by atoms with E-state index in [0.717, 1.165) is 0 Å². The number of esters is 2. The first-order valence-electron chi connectivity index (χ1n) is 8.99. The smallest absolute Gasteiger partial charge is 0.339 e. The standard InChI is InChI=1S/C20H20N2O6S/c1-27-19(25)13-6-2-3-7-14(13)21-17(23)12-28-20(26)15-8-4-10-22(15)18(24)16-9-5-11-29-16/h2-3,5-7,9,11,15H,4,8,10,12H2,1H3,(H,21,23). The van der Waals surface area contributed by atoms with E-state index < -0.39 is 30.5 Å². The van der Waals surface area contributed by atoms with Crippen molar-refractivity contribution in [1.82, 2.24) is 4.90 Å². The Labute approximate surface area is 171 Å². The maximum absolute atomic E-state index is 12.5. The molecule has 0 saturated carbocycles. The SMILES string of the molecule is COC(=O)c1ccccc1NC(=O)COC(=O)C1CCCN1C(=O)c1cccs1. The Hall–Kier alpha value is -3.20. The van der Waals surface area contributed by atoms with Gasteiger partial charge in [-0.15, -0.1) is 11.3 Å². The zero-order valence-corrected chi connectivity index (χ0v) is 16.6. The average molecular weight is 416 g/mol. The minimum atomic E-state index is -0.709. The number of amides is 2. The molecule has 1 aromatic carbocycles. The summed E-state index contributed by atoms with van der Waals surface area (Å²) in [4.78, 5) is 51.0. The zero-order chi connectivity index (χ0) is 20.8. The van der Waals surface area contributed by atoms with Gasteiger partial charge in [-0.2, -0.15) is 0 Å². The summed E-state index contributed by atoms with van der Waals surface area (Å²) in [5.41, 5.74) is 0.453. The number of nitrogens with zero attached hydrogens (tertiary/aromatic N) is 1. The number of hydrogen-bond acceptors (Lipinski definition) is 7. The number of anilines is 1. The van der Waals surface area contributed by atoms with Gasteiger partial charge in [0.2, 0.25) is 0 Å². The van der Waals surface area contributed by atoms with Gasteiger partial charge < -0.3 is 19.7 Å². The van der Waals surface area contributed by atoms with Gasteiger partial charge in [-0.3, -0.25) is 9.59 Å². The number of thiophene rings is 1. The molecule has 29 heavy (non-hydrogen) atoms. The van der Waals surface area contributed by atoms with Crippen molar-refractivity contribution in [1.29, 1.82) is 0 Å². The number of hydrogen-bond donors (Lipinski definition) is 1. The van der Waals surface area contributed by atoms with Gasteiger partial charge in [-0.05, 0) is 36.4 Å². The number of para-hydroxylation sites is 1. The second kappa shape index (κ2) is 9.33. The second-order valence-corrected chi connectivity index (χ2v) is 7.27. The van der Waals surface area contributed by atoms with Crippen molar-refractivity contribution in [3.8, 4) is 0 Å². The highest BCUT2D eigenvalue weighted by Gasteiger charge is 2.36. The van der Waals surface area contributed by atoms with E-state index in [1.54, 1.807) is 35.7 Å². The van der Waals surface area contributed by atoms with Crippen molar-refractivity contribution in [2.24, 2.45) is 0 Å². The largest absolute Gasteiger partial charge is 0.465 e.